The van der Waals surface area contributed by atoms with E-state index in [0.717, 1.165) is 19.4 Å². The quantitative estimate of drug-likeness (QED) is 0.616. The van der Waals surface area contributed by atoms with E-state index < -0.39 is 6.09 Å². The van der Waals surface area contributed by atoms with E-state index in [-0.39, 0.29) is 5.60 Å². The lowest BCUT2D eigenvalue weighted by Gasteiger charge is -2.51. The Balaban J connectivity index is 1.86. The average Bonchev–Trinajstić information content (AvgIpc) is 2.02. The first-order valence-electron chi connectivity index (χ1n) is 4.73. The van der Waals surface area contributed by atoms with Gasteiger partial charge in [0, 0.05) is 0 Å². The molecular weight excluding hydrogens is 170 g/mol. The molecule has 4 heteroatoms. The topological polar surface area (TPSA) is 49.8 Å². The van der Waals surface area contributed by atoms with Gasteiger partial charge in [0.25, 0.3) is 0 Å². The van der Waals surface area contributed by atoms with Crippen molar-refractivity contribution in [2.24, 2.45) is 5.92 Å². The van der Waals surface area contributed by atoms with Gasteiger partial charge in [-0.1, -0.05) is 6.92 Å². The van der Waals surface area contributed by atoms with Crippen LogP contribution in [0.4, 0.5) is 4.79 Å². The summed E-state index contributed by atoms with van der Waals surface area (Å²) < 4.78 is 5.69. The van der Waals surface area contributed by atoms with Gasteiger partial charge in [0.2, 0.25) is 0 Å². The summed E-state index contributed by atoms with van der Waals surface area (Å²) in [7, 11) is 0. The molecule has 74 valence electrons. The zero-order valence-corrected chi connectivity index (χ0v) is 7.82. The fraction of sp³-hybridized carbons (Fsp3) is 0.889. The molecule has 4 nitrogen and oxygen atoms in total. The van der Waals surface area contributed by atoms with Gasteiger partial charge in [-0.3, -0.25) is 0 Å². The fourth-order valence-corrected chi connectivity index (χ4v) is 2.02. The van der Waals surface area contributed by atoms with Crippen molar-refractivity contribution in [3.05, 3.63) is 0 Å². The predicted octanol–water partition coefficient (Wildman–Crippen LogP) is 1.17. The zero-order valence-electron chi connectivity index (χ0n) is 7.82. The lowest BCUT2D eigenvalue weighted by molar-refractivity contribution is -0.167. The Hall–Kier alpha value is -0.770. The van der Waals surface area contributed by atoms with Gasteiger partial charge in [-0.05, 0) is 18.8 Å². The molecule has 2 heterocycles. The highest BCUT2D eigenvalue weighted by Gasteiger charge is 2.48. The zero-order chi connectivity index (χ0) is 9.47. The van der Waals surface area contributed by atoms with Crippen LogP contribution in [0.25, 0.3) is 0 Å². The summed E-state index contributed by atoms with van der Waals surface area (Å²) in [5.41, 5.74) is -0.120. The Bertz CT molecular complexity index is 213. The molecule has 0 bridgehead atoms. The van der Waals surface area contributed by atoms with Gasteiger partial charge in [-0.15, -0.1) is 0 Å². The van der Waals surface area contributed by atoms with Crippen molar-refractivity contribution in [3.63, 3.8) is 0 Å². The molecule has 1 amide bonds. The van der Waals surface area contributed by atoms with Crippen molar-refractivity contribution in [1.29, 1.82) is 0 Å². The second-order valence-electron chi connectivity index (χ2n) is 4.28. The van der Waals surface area contributed by atoms with E-state index in [1.54, 1.807) is 0 Å². The number of carboxylic acid groups (broad SMARTS) is 1. The molecule has 1 spiro atoms. The van der Waals surface area contributed by atoms with Gasteiger partial charge < -0.3 is 14.7 Å². The molecular formula is C9H15NO3. The number of ether oxygens (including phenoxy) is 1. The van der Waals surface area contributed by atoms with Crippen LogP contribution in [0.3, 0.4) is 0 Å². The Morgan fingerprint density at radius 2 is 2.31 bits per heavy atom. The molecule has 13 heavy (non-hydrogen) atoms. The van der Waals surface area contributed by atoms with Gasteiger partial charge in [0.05, 0.1) is 19.7 Å². The maximum atomic E-state index is 10.5. The van der Waals surface area contributed by atoms with E-state index >= 15 is 0 Å². The molecule has 0 radical (unpaired) electrons. The molecule has 0 aliphatic carbocycles. The molecule has 2 aliphatic heterocycles. The number of rotatable bonds is 0. The number of nitrogens with zero attached hydrogens (tertiary/aromatic N) is 1. The Morgan fingerprint density at radius 3 is 2.77 bits per heavy atom. The van der Waals surface area contributed by atoms with Crippen LogP contribution in [-0.2, 0) is 4.74 Å². The lowest BCUT2D eigenvalue weighted by Crippen LogP contribution is -2.65. The molecule has 1 unspecified atom stereocenters. The first-order chi connectivity index (χ1) is 6.11. The molecule has 0 aromatic rings. The van der Waals surface area contributed by atoms with E-state index in [1.807, 2.05) is 0 Å². The van der Waals surface area contributed by atoms with Gasteiger partial charge in [0.15, 0.2) is 0 Å². The van der Waals surface area contributed by atoms with E-state index in [9.17, 15) is 4.79 Å². The first kappa shape index (κ1) is 8.81. The first-order valence-corrected chi connectivity index (χ1v) is 4.73. The van der Waals surface area contributed by atoms with Crippen molar-refractivity contribution in [3.8, 4) is 0 Å². The molecule has 2 rings (SSSR count). The minimum absolute atomic E-state index is 0.120. The summed E-state index contributed by atoms with van der Waals surface area (Å²) in [4.78, 5) is 12.0. The molecule has 0 aromatic heterocycles. The number of hydrogen-bond donors (Lipinski definition) is 1. The molecule has 2 fully saturated rings. The van der Waals surface area contributed by atoms with Crippen molar-refractivity contribution in [2.75, 3.05) is 19.7 Å². The van der Waals surface area contributed by atoms with Crippen molar-refractivity contribution < 1.29 is 14.6 Å². The van der Waals surface area contributed by atoms with Crippen LogP contribution >= 0.6 is 0 Å². The highest BCUT2D eigenvalue weighted by Crippen LogP contribution is 2.35. The fourth-order valence-electron chi connectivity index (χ4n) is 2.02. The number of likely N-dealkylation sites (tertiary alicyclic amines) is 1. The van der Waals surface area contributed by atoms with E-state index in [2.05, 4.69) is 6.92 Å². The van der Waals surface area contributed by atoms with Crippen molar-refractivity contribution in [2.45, 2.75) is 25.4 Å². The SMILES string of the molecule is CC1CCC2(CN(C(=O)O)C2)OC1. The summed E-state index contributed by atoms with van der Waals surface area (Å²) in [6.45, 7) is 4.08. The second-order valence-corrected chi connectivity index (χ2v) is 4.28. The van der Waals surface area contributed by atoms with Crippen LogP contribution in [0.5, 0.6) is 0 Å². The summed E-state index contributed by atoms with van der Waals surface area (Å²) in [5.74, 6) is 0.629. The number of hydrogen-bond acceptors (Lipinski definition) is 2. The minimum atomic E-state index is -0.826. The maximum Gasteiger partial charge on any atom is 0.407 e. The molecule has 1 atom stereocenters. The number of carbonyl (C=O) groups is 1. The van der Waals surface area contributed by atoms with E-state index in [0.29, 0.717) is 19.0 Å². The molecule has 1 N–H and O–H groups in total. The Labute approximate surface area is 77.5 Å². The largest absolute Gasteiger partial charge is 0.465 e. The van der Waals surface area contributed by atoms with Crippen LogP contribution in [0.15, 0.2) is 0 Å². The normalized spacial score (nSPS) is 31.5. The average molecular weight is 185 g/mol. The standard InChI is InChI=1S/C9H15NO3/c1-7-2-3-9(13-4-7)5-10(6-9)8(11)12/h7H,2-6H2,1H3,(H,11,12). The molecule has 0 aromatic carbocycles. The van der Waals surface area contributed by atoms with Gasteiger partial charge in [-0.2, -0.15) is 0 Å². The van der Waals surface area contributed by atoms with Crippen LogP contribution in [0.1, 0.15) is 19.8 Å². The monoisotopic (exact) mass is 185 g/mol. The third kappa shape index (κ3) is 1.50. The van der Waals surface area contributed by atoms with Crippen LogP contribution in [0.2, 0.25) is 0 Å². The lowest BCUT2D eigenvalue weighted by atomic mass is 9.84. The van der Waals surface area contributed by atoms with Crippen LogP contribution in [-0.4, -0.2) is 41.4 Å². The third-order valence-electron chi connectivity index (χ3n) is 3.00. The highest BCUT2D eigenvalue weighted by atomic mass is 16.5. The summed E-state index contributed by atoms with van der Waals surface area (Å²) in [6.07, 6.45) is 1.35. The summed E-state index contributed by atoms with van der Waals surface area (Å²) in [5, 5.41) is 8.67. The van der Waals surface area contributed by atoms with Gasteiger partial charge >= 0.3 is 6.09 Å². The number of amides is 1. The highest BCUT2D eigenvalue weighted by molar-refractivity contribution is 5.66. The van der Waals surface area contributed by atoms with Gasteiger partial charge in [0.1, 0.15) is 5.60 Å². The third-order valence-corrected chi connectivity index (χ3v) is 3.00. The second kappa shape index (κ2) is 2.87. The maximum absolute atomic E-state index is 10.5. The van der Waals surface area contributed by atoms with E-state index in [4.69, 9.17) is 9.84 Å². The Morgan fingerprint density at radius 1 is 1.62 bits per heavy atom. The van der Waals surface area contributed by atoms with Gasteiger partial charge in [-0.25, -0.2) is 4.79 Å². The Kier molecular flexibility index (Phi) is 1.95. The predicted molar refractivity (Wildman–Crippen MR) is 46.7 cm³/mol. The van der Waals surface area contributed by atoms with Crippen molar-refractivity contribution >= 4 is 6.09 Å². The van der Waals surface area contributed by atoms with Crippen LogP contribution in [0, 0.1) is 5.92 Å². The minimum Gasteiger partial charge on any atom is -0.465 e. The van der Waals surface area contributed by atoms with Crippen molar-refractivity contribution in [1.82, 2.24) is 4.90 Å². The van der Waals surface area contributed by atoms with E-state index in [1.165, 1.54) is 4.90 Å². The van der Waals surface area contributed by atoms with Crippen LogP contribution < -0.4 is 0 Å². The summed E-state index contributed by atoms with van der Waals surface area (Å²) >= 11 is 0. The summed E-state index contributed by atoms with van der Waals surface area (Å²) in [6, 6.07) is 0. The smallest absolute Gasteiger partial charge is 0.407 e. The molecule has 2 aliphatic rings. The molecule has 0 saturated carbocycles. The molecule has 2 saturated heterocycles.